The molecule has 1 aromatic heterocycles. The predicted octanol–water partition coefficient (Wildman–Crippen LogP) is 6.88. The number of hydrogen-bond acceptors (Lipinski definition) is 4. The van der Waals surface area contributed by atoms with E-state index in [-0.39, 0.29) is 5.91 Å². The van der Waals surface area contributed by atoms with E-state index in [4.69, 9.17) is 4.74 Å². The fraction of sp³-hybridized carbons (Fsp3) is 0.231. The molecule has 0 aliphatic heterocycles. The van der Waals surface area contributed by atoms with Crippen LogP contribution < -0.4 is 10.1 Å². The molecule has 158 valence electrons. The standard InChI is InChI=1S/C26H26N2O2S/c1-4-17(2)21-12-15-23-24(16-21)31-26(27-23)28-25(29)18(3)30-22-13-10-20(11-14-22)19-8-6-5-7-9-19/h5-18H,4H2,1-3H3,(H,27,28,29). The molecule has 0 saturated heterocycles. The van der Waals surface area contributed by atoms with E-state index in [1.165, 1.54) is 16.9 Å². The fourth-order valence-electron chi connectivity index (χ4n) is 3.36. The maximum Gasteiger partial charge on any atom is 0.266 e. The molecule has 1 N–H and O–H groups in total. The van der Waals surface area contributed by atoms with Gasteiger partial charge in [0, 0.05) is 0 Å². The number of aromatic nitrogens is 1. The number of benzene rings is 3. The quantitative estimate of drug-likeness (QED) is 0.347. The highest BCUT2D eigenvalue weighted by molar-refractivity contribution is 7.22. The van der Waals surface area contributed by atoms with Gasteiger partial charge < -0.3 is 4.74 Å². The summed E-state index contributed by atoms with van der Waals surface area (Å²) in [7, 11) is 0. The molecule has 1 heterocycles. The molecule has 4 aromatic rings. The van der Waals surface area contributed by atoms with Crippen LogP contribution in [0.3, 0.4) is 0 Å². The van der Waals surface area contributed by atoms with E-state index >= 15 is 0 Å². The molecule has 2 unspecified atom stereocenters. The van der Waals surface area contributed by atoms with Gasteiger partial charge in [0.2, 0.25) is 0 Å². The number of carbonyl (C=O) groups is 1. The Morgan fingerprint density at radius 3 is 2.42 bits per heavy atom. The Morgan fingerprint density at radius 2 is 1.71 bits per heavy atom. The van der Waals surface area contributed by atoms with Gasteiger partial charge in [0.05, 0.1) is 10.2 Å². The molecule has 0 fully saturated rings. The predicted molar refractivity (Wildman–Crippen MR) is 129 cm³/mol. The zero-order valence-corrected chi connectivity index (χ0v) is 18.8. The van der Waals surface area contributed by atoms with Crippen LogP contribution in [0.5, 0.6) is 5.75 Å². The third-order valence-electron chi connectivity index (χ3n) is 5.47. The summed E-state index contributed by atoms with van der Waals surface area (Å²) in [5.41, 5.74) is 4.45. The number of nitrogens with one attached hydrogen (secondary N) is 1. The molecule has 0 aliphatic carbocycles. The van der Waals surface area contributed by atoms with Crippen molar-refractivity contribution in [2.75, 3.05) is 5.32 Å². The molecule has 1 amide bonds. The molecule has 0 bridgehead atoms. The zero-order chi connectivity index (χ0) is 21.8. The van der Waals surface area contributed by atoms with Crippen molar-refractivity contribution in [1.29, 1.82) is 0 Å². The largest absolute Gasteiger partial charge is 0.481 e. The molecule has 5 heteroatoms. The summed E-state index contributed by atoms with van der Waals surface area (Å²) in [5, 5.41) is 3.49. The number of carbonyl (C=O) groups excluding carboxylic acids is 1. The van der Waals surface area contributed by atoms with Gasteiger partial charge in [-0.05, 0) is 60.2 Å². The van der Waals surface area contributed by atoms with E-state index in [9.17, 15) is 4.79 Å². The van der Waals surface area contributed by atoms with E-state index in [1.54, 1.807) is 6.92 Å². The molecule has 0 spiro atoms. The SMILES string of the molecule is CCC(C)c1ccc2nc(NC(=O)C(C)Oc3ccc(-c4ccccc4)cc3)sc2c1. The molecular weight excluding hydrogens is 404 g/mol. The molecule has 0 aliphatic rings. The average molecular weight is 431 g/mol. The summed E-state index contributed by atoms with van der Waals surface area (Å²) in [4.78, 5) is 17.2. The second kappa shape index (κ2) is 9.31. The number of anilines is 1. The summed E-state index contributed by atoms with van der Waals surface area (Å²) in [5.74, 6) is 0.949. The first kappa shape index (κ1) is 21.1. The van der Waals surface area contributed by atoms with E-state index in [0.29, 0.717) is 16.8 Å². The summed E-state index contributed by atoms with van der Waals surface area (Å²) >= 11 is 1.49. The third-order valence-corrected chi connectivity index (χ3v) is 6.40. The Balaban J connectivity index is 1.40. The van der Waals surface area contributed by atoms with Crippen LogP contribution in [0.1, 0.15) is 38.7 Å². The number of ether oxygens (including phenoxy) is 1. The summed E-state index contributed by atoms with van der Waals surface area (Å²) in [6.45, 7) is 6.15. The number of thiazole rings is 1. The van der Waals surface area contributed by atoms with Gasteiger partial charge in [-0.2, -0.15) is 0 Å². The van der Waals surface area contributed by atoms with Crippen molar-refractivity contribution in [2.24, 2.45) is 0 Å². The van der Waals surface area contributed by atoms with Crippen LogP contribution in [0.15, 0.2) is 72.8 Å². The van der Waals surface area contributed by atoms with Gasteiger partial charge in [-0.1, -0.05) is 73.7 Å². The van der Waals surface area contributed by atoms with Crippen molar-refractivity contribution in [3.05, 3.63) is 78.4 Å². The highest BCUT2D eigenvalue weighted by Crippen LogP contribution is 2.30. The van der Waals surface area contributed by atoms with Gasteiger partial charge in [-0.15, -0.1) is 0 Å². The second-order valence-electron chi connectivity index (χ2n) is 7.70. The minimum atomic E-state index is -0.634. The molecule has 31 heavy (non-hydrogen) atoms. The minimum absolute atomic E-state index is 0.214. The fourth-order valence-corrected chi connectivity index (χ4v) is 4.28. The Hall–Kier alpha value is -3.18. The first-order valence-corrected chi connectivity index (χ1v) is 11.4. The lowest BCUT2D eigenvalue weighted by Gasteiger charge is -2.14. The average Bonchev–Trinajstić information content (AvgIpc) is 3.21. The van der Waals surface area contributed by atoms with Gasteiger partial charge in [0.25, 0.3) is 5.91 Å². The van der Waals surface area contributed by atoms with Crippen molar-refractivity contribution >= 4 is 32.6 Å². The Morgan fingerprint density at radius 1 is 1.00 bits per heavy atom. The van der Waals surface area contributed by atoms with Crippen LogP contribution in [0.25, 0.3) is 21.3 Å². The van der Waals surface area contributed by atoms with Crippen molar-refractivity contribution in [3.63, 3.8) is 0 Å². The number of rotatable bonds is 7. The van der Waals surface area contributed by atoms with Crippen LogP contribution in [0.2, 0.25) is 0 Å². The lowest BCUT2D eigenvalue weighted by molar-refractivity contribution is -0.122. The Labute approximate surface area is 186 Å². The van der Waals surface area contributed by atoms with Crippen LogP contribution in [-0.2, 0) is 4.79 Å². The highest BCUT2D eigenvalue weighted by atomic mass is 32.1. The zero-order valence-electron chi connectivity index (χ0n) is 18.0. The number of hydrogen-bond donors (Lipinski definition) is 1. The van der Waals surface area contributed by atoms with E-state index in [2.05, 4.69) is 48.4 Å². The molecule has 4 rings (SSSR count). The van der Waals surface area contributed by atoms with Crippen LogP contribution in [0, 0.1) is 0 Å². The Kier molecular flexibility index (Phi) is 6.33. The second-order valence-corrected chi connectivity index (χ2v) is 8.73. The van der Waals surface area contributed by atoms with Gasteiger partial charge in [-0.25, -0.2) is 4.98 Å². The van der Waals surface area contributed by atoms with E-state index in [0.717, 1.165) is 27.8 Å². The maximum atomic E-state index is 12.6. The van der Waals surface area contributed by atoms with Crippen LogP contribution in [-0.4, -0.2) is 17.0 Å². The number of amides is 1. The lowest BCUT2D eigenvalue weighted by Crippen LogP contribution is -2.30. The topological polar surface area (TPSA) is 51.2 Å². The van der Waals surface area contributed by atoms with Gasteiger partial charge >= 0.3 is 0 Å². The smallest absolute Gasteiger partial charge is 0.266 e. The van der Waals surface area contributed by atoms with Gasteiger partial charge in [0.15, 0.2) is 11.2 Å². The third kappa shape index (κ3) is 4.94. The van der Waals surface area contributed by atoms with Gasteiger partial charge in [0.1, 0.15) is 5.75 Å². The lowest BCUT2D eigenvalue weighted by atomic mass is 9.99. The molecule has 0 saturated carbocycles. The Bertz CT molecular complexity index is 1170. The molecule has 4 nitrogen and oxygen atoms in total. The summed E-state index contributed by atoms with van der Waals surface area (Å²) in [6, 6.07) is 24.2. The van der Waals surface area contributed by atoms with Crippen LogP contribution in [0.4, 0.5) is 5.13 Å². The minimum Gasteiger partial charge on any atom is -0.481 e. The van der Waals surface area contributed by atoms with E-state index in [1.807, 2.05) is 48.5 Å². The number of nitrogens with zero attached hydrogens (tertiary/aromatic N) is 1. The summed E-state index contributed by atoms with van der Waals surface area (Å²) < 4.78 is 6.92. The molecular formula is C26H26N2O2S. The van der Waals surface area contributed by atoms with Crippen molar-refractivity contribution in [3.8, 4) is 16.9 Å². The first-order chi connectivity index (χ1) is 15.0. The van der Waals surface area contributed by atoms with Crippen LogP contribution >= 0.6 is 11.3 Å². The summed E-state index contributed by atoms with van der Waals surface area (Å²) in [6.07, 6.45) is 0.458. The maximum absolute atomic E-state index is 12.6. The number of fused-ring (bicyclic) bond motifs is 1. The van der Waals surface area contributed by atoms with Crippen molar-refractivity contribution in [1.82, 2.24) is 4.98 Å². The monoisotopic (exact) mass is 430 g/mol. The molecule has 0 radical (unpaired) electrons. The normalized spacial score (nSPS) is 13.0. The molecule has 2 atom stereocenters. The first-order valence-electron chi connectivity index (χ1n) is 10.6. The molecule has 3 aromatic carbocycles. The highest BCUT2D eigenvalue weighted by Gasteiger charge is 2.17. The van der Waals surface area contributed by atoms with Crippen molar-refractivity contribution in [2.45, 2.75) is 39.2 Å². The van der Waals surface area contributed by atoms with Crippen molar-refractivity contribution < 1.29 is 9.53 Å². The van der Waals surface area contributed by atoms with E-state index < -0.39 is 6.10 Å². The van der Waals surface area contributed by atoms with Gasteiger partial charge in [-0.3, -0.25) is 10.1 Å².